The Morgan fingerprint density at radius 1 is 1.35 bits per heavy atom. The van der Waals surface area contributed by atoms with Gasteiger partial charge in [-0.3, -0.25) is 10.1 Å². The van der Waals surface area contributed by atoms with Gasteiger partial charge in [-0.1, -0.05) is 13.0 Å². The third-order valence-electron chi connectivity index (χ3n) is 2.34. The SMILES string of the molecule is CCCNc1cccc(S(=O)(=O)NN(C)C)c1[N+](=O)[O-]. The number of nitro groups is 1. The van der Waals surface area contributed by atoms with Crippen molar-refractivity contribution in [3.8, 4) is 0 Å². The van der Waals surface area contributed by atoms with Gasteiger partial charge in [0.15, 0.2) is 4.90 Å². The number of nitro benzene ring substituents is 1. The number of hydrogen-bond acceptors (Lipinski definition) is 6. The maximum absolute atomic E-state index is 12.1. The highest BCUT2D eigenvalue weighted by molar-refractivity contribution is 7.89. The van der Waals surface area contributed by atoms with E-state index in [-0.39, 0.29) is 10.6 Å². The molecule has 0 heterocycles. The van der Waals surface area contributed by atoms with Crippen molar-refractivity contribution >= 4 is 21.4 Å². The van der Waals surface area contributed by atoms with Crippen LogP contribution >= 0.6 is 0 Å². The number of para-hydroxylation sites is 1. The molecule has 0 saturated heterocycles. The van der Waals surface area contributed by atoms with E-state index in [2.05, 4.69) is 10.1 Å². The van der Waals surface area contributed by atoms with E-state index in [9.17, 15) is 18.5 Å². The van der Waals surface area contributed by atoms with Gasteiger partial charge < -0.3 is 5.32 Å². The van der Waals surface area contributed by atoms with Crippen molar-refractivity contribution in [2.24, 2.45) is 0 Å². The summed E-state index contributed by atoms with van der Waals surface area (Å²) in [6.07, 6.45) is 0.768. The van der Waals surface area contributed by atoms with Gasteiger partial charge in [0.25, 0.3) is 10.0 Å². The minimum atomic E-state index is -3.99. The van der Waals surface area contributed by atoms with E-state index in [1.165, 1.54) is 37.3 Å². The number of nitrogens with one attached hydrogen (secondary N) is 2. The number of rotatable bonds is 7. The molecule has 8 nitrogen and oxygen atoms in total. The lowest BCUT2D eigenvalue weighted by Crippen LogP contribution is -2.36. The lowest BCUT2D eigenvalue weighted by Gasteiger charge is -2.14. The summed E-state index contributed by atoms with van der Waals surface area (Å²) in [5.41, 5.74) is -0.256. The molecule has 0 saturated carbocycles. The number of benzene rings is 1. The van der Waals surface area contributed by atoms with E-state index >= 15 is 0 Å². The molecule has 0 spiro atoms. The van der Waals surface area contributed by atoms with E-state index < -0.39 is 20.6 Å². The number of sulfonamides is 1. The number of nitrogens with zero attached hydrogens (tertiary/aromatic N) is 2. The first-order valence-electron chi connectivity index (χ1n) is 6.00. The van der Waals surface area contributed by atoms with Crippen molar-refractivity contribution in [3.05, 3.63) is 28.3 Å². The van der Waals surface area contributed by atoms with Crippen LogP contribution in [0.2, 0.25) is 0 Å². The van der Waals surface area contributed by atoms with E-state index in [1.807, 2.05) is 6.92 Å². The standard InChI is InChI=1S/C11H18N4O4S/c1-4-8-12-9-6-5-7-10(11(9)15(16)17)20(18,19)13-14(2)3/h5-7,12-13H,4,8H2,1-3H3. The third-order valence-corrected chi connectivity index (χ3v) is 3.85. The van der Waals surface area contributed by atoms with Crippen LogP contribution in [0.4, 0.5) is 11.4 Å². The molecule has 0 atom stereocenters. The molecule has 0 amide bonds. The van der Waals surface area contributed by atoms with Crippen LogP contribution in [0.3, 0.4) is 0 Å². The summed E-state index contributed by atoms with van der Waals surface area (Å²) in [7, 11) is -1.01. The minimum absolute atomic E-state index is 0.193. The number of anilines is 1. The Morgan fingerprint density at radius 3 is 2.50 bits per heavy atom. The Kier molecular flexibility index (Phi) is 5.43. The molecule has 1 rings (SSSR count). The topological polar surface area (TPSA) is 105 Å². The molecule has 2 N–H and O–H groups in total. The van der Waals surface area contributed by atoms with E-state index in [0.717, 1.165) is 6.42 Å². The van der Waals surface area contributed by atoms with Gasteiger partial charge in [-0.05, 0) is 18.6 Å². The van der Waals surface area contributed by atoms with Crippen molar-refractivity contribution in [2.75, 3.05) is 26.0 Å². The van der Waals surface area contributed by atoms with Gasteiger partial charge in [-0.25, -0.2) is 13.4 Å². The summed E-state index contributed by atoms with van der Waals surface area (Å²) in [4.78, 5) is 12.3. The Bertz CT molecular complexity index is 586. The Labute approximate surface area is 117 Å². The zero-order chi connectivity index (χ0) is 15.3. The molecule has 0 aliphatic rings. The molecular weight excluding hydrogens is 284 g/mol. The maximum Gasteiger partial charge on any atom is 0.312 e. The fourth-order valence-electron chi connectivity index (χ4n) is 1.62. The average Bonchev–Trinajstić information content (AvgIpc) is 2.34. The largest absolute Gasteiger partial charge is 0.379 e. The summed E-state index contributed by atoms with van der Waals surface area (Å²) < 4.78 is 24.2. The lowest BCUT2D eigenvalue weighted by atomic mass is 10.2. The molecular formula is C11H18N4O4S. The van der Waals surface area contributed by atoms with E-state index in [0.29, 0.717) is 6.54 Å². The second-order valence-corrected chi connectivity index (χ2v) is 5.95. The number of hydrazine groups is 1. The smallest absolute Gasteiger partial charge is 0.312 e. The van der Waals surface area contributed by atoms with Crippen molar-refractivity contribution in [2.45, 2.75) is 18.2 Å². The van der Waals surface area contributed by atoms with Crippen molar-refractivity contribution in [1.82, 2.24) is 9.84 Å². The van der Waals surface area contributed by atoms with Crippen LogP contribution in [0.15, 0.2) is 23.1 Å². The van der Waals surface area contributed by atoms with Gasteiger partial charge >= 0.3 is 5.69 Å². The van der Waals surface area contributed by atoms with Crippen molar-refractivity contribution < 1.29 is 13.3 Å². The second kappa shape index (κ2) is 6.64. The van der Waals surface area contributed by atoms with Gasteiger partial charge in [0.1, 0.15) is 5.69 Å². The predicted molar refractivity (Wildman–Crippen MR) is 75.9 cm³/mol. The first-order chi connectivity index (χ1) is 9.29. The molecule has 0 aromatic heterocycles. The molecule has 0 fully saturated rings. The predicted octanol–water partition coefficient (Wildman–Crippen LogP) is 1.17. The highest BCUT2D eigenvalue weighted by Gasteiger charge is 2.29. The molecule has 0 aliphatic carbocycles. The molecule has 0 unspecified atom stereocenters. The van der Waals surface area contributed by atoms with Crippen LogP contribution in [0.1, 0.15) is 13.3 Å². The highest BCUT2D eigenvalue weighted by Crippen LogP contribution is 2.31. The molecule has 1 aromatic carbocycles. The van der Waals surface area contributed by atoms with Gasteiger partial charge in [0, 0.05) is 20.6 Å². The van der Waals surface area contributed by atoms with Crippen LogP contribution in [-0.4, -0.2) is 39.0 Å². The molecule has 0 bridgehead atoms. The van der Waals surface area contributed by atoms with Crippen LogP contribution in [0, 0.1) is 10.1 Å². The fourth-order valence-corrected chi connectivity index (χ4v) is 2.90. The summed E-state index contributed by atoms with van der Waals surface area (Å²) in [5, 5.41) is 15.3. The first kappa shape index (κ1) is 16.3. The summed E-state index contributed by atoms with van der Waals surface area (Å²) in [6, 6.07) is 4.17. The Balaban J connectivity index is 3.36. The molecule has 112 valence electrons. The molecule has 1 aromatic rings. The van der Waals surface area contributed by atoms with Crippen LogP contribution < -0.4 is 10.1 Å². The van der Waals surface area contributed by atoms with Gasteiger partial charge in [0.2, 0.25) is 0 Å². The molecule has 20 heavy (non-hydrogen) atoms. The molecule has 9 heteroatoms. The fraction of sp³-hybridized carbons (Fsp3) is 0.455. The zero-order valence-corrected chi connectivity index (χ0v) is 12.4. The van der Waals surface area contributed by atoms with Crippen LogP contribution in [0.25, 0.3) is 0 Å². The Hall–Kier alpha value is -1.71. The summed E-state index contributed by atoms with van der Waals surface area (Å²) in [5.74, 6) is 0. The molecule has 0 radical (unpaired) electrons. The summed E-state index contributed by atoms with van der Waals surface area (Å²) >= 11 is 0. The minimum Gasteiger partial charge on any atom is -0.379 e. The van der Waals surface area contributed by atoms with E-state index in [4.69, 9.17) is 0 Å². The quantitative estimate of drug-likeness (QED) is 0.578. The van der Waals surface area contributed by atoms with Crippen LogP contribution in [0.5, 0.6) is 0 Å². The van der Waals surface area contributed by atoms with Gasteiger partial charge in [0.05, 0.1) is 4.92 Å². The first-order valence-corrected chi connectivity index (χ1v) is 7.49. The van der Waals surface area contributed by atoms with Crippen molar-refractivity contribution in [1.29, 1.82) is 0 Å². The lowest BCUT2D eigenvalue weighted by molar-refractivity contribution is -0.386. The maximum atomic E-state index is 12.1. The average molecular weight is 302 g/mol. The second-order valence-electron chi connectivity index (χ2n) is 4.33. The van der Waals surface area contributed by atoms with Gasteiger partial charge in [-0.15, -0.1) is 4.83 Å². The molecule has 0 aliphatic heterocycles. The van der Waals surface area contributed by atoms with Gasteiger partial charge in [-0.2, -0.15) is 0 Å². The van der Waals surface area contributed by atoms with Crippen molar-refractivity contribution in [3.63, 3.8) is 0 Å². The number of hydrogen-bond donors (Lipinski definition) is 2. The van der Waals surface area contributed by atoms with Crippen LogP contribution in [-0.2, 0) is 10.0 Å². The third kappa shape index (κ3) is 3.89. The normalized spacial score (nSPS) is 11.6. The van der Waals surface area contributed by atoms with E-state index in [1.54, 1.807) is 0 Å². The Morgan fingerprint density at radius 2 is 2.00 bits per heavy atom. The zero-order valence-electron chi connectivity index (χ0n) is 11.6. The monoisotopic (exact) mass is 302 g/mol. The summed E-state index contributed by atoms with van der Waals surface area (Å²) in [6.45, 7) is 2.43. The highest BCUT2D eigenvalue weighted by atomic mass is 32.2.